The van der Waals surface area contributed by atoms with E-state index in [9.17, 15) is 4.79 Å². The van der Waals surface area contributed by atoms with Crippen LogP contribution in [0.2, 0.25) is 0 Å². The van der Waals surface area contributed by atoms with Crippen molar-refractivity contribution in [2.45, 2.75) is 19.4 Å². The van der Waals surface area contributed by atoms with Crippen LogP contribution >= 0.6 is 0 Å². The summed E-state index contributed by atoms with van der Waals surface area (Å²) in [7, 11) is 1.68. The molecule has 1 spiro atoms. The van der Waals surface area contributed by atoms with Gasteiger partial charge in [-0.25, -0.2) is 0 Å². The first-order valence-corrected chi connectivity index (χ1v) is 9.04. The van der Waals surface area contributed by atoms with Crippen LogP contribution in [0.25, 0.3) is 10.9 Å². The van der Waals surface area contributed by atoms with E-state index in [-0.39, 0.29) is 17.2 Å². The number of fused-ring (bicyclic) bond motifs is 1. The first kappa shape index (κ1) is 16.5. The molecule has 2 fully saturated rings. The average Bonchev–Trinajstić information content (AvgIpc) is 2.94. The van der Waals surface area contributed by atoms with Gasteiger partial charge in [0, 0.05) is 31.0 Å². The van der Waals surface area contributed by atoms with Crippen LogP contribution in [0.4, 0.5) is 0 Å². The number of aromatic nitrogens is 1. The third-order valence-corrected chi connectivity index (χ3v) is 5.90. The summed E-state index contributed by atoms with van der Waals surface area (Å²) in [5, 5.41) is 4.23. The van der Waals surface area contributed by atoms with Gasteiger partial charge < -0.3 is 10.1 Å². The second kappa shape index (κ2) is 6.73. The molecule has 0 saturated carbocycles. The molecule has 4 rings (SSSR count). The number of nitrogens with one attached hydrogen (secondary N) is 1. The van der Waals surface area contributed by atoms with Gasteiger partial charge in [0.25, 0.3) is 0 Å². The molecule has 0 aliphatic carbocycles. The number of amides is 1. The van der Waals surface area contributed by atoms with Gasteiger partial charge in [-0.2, -0.15) is 0 Å². The van der Waals surface area contributed by atoms with E-state index < -0.39 is 0 Å². The molecular weight excluding hydrogens is 314 g/mol. The van der Waals surface area contributed by atoms with Gasteiger partial charge in [0.2, 0.25) is 5.91 Å². The van der Waals surface area contributed by atoms with Crippen LogP contribution in [0, 0.1) is 11.3 Å². The fraction of sp³-hybridized carbons (Fsp3) is 0.500. The van der Waals surface area contributed by atoms with Gasteiger partial charge in [-0.1, -0.05) is 24.3 Å². The molecule has 5 nitrogen and oxygen atoms in total. The van der Waals surface area contributed by atoms with Crippen LogP contribution in [0.5, 0.6) is 0 Å². The minimum absolute atomic E-state index is 0.00144. The van der Waals surface area contributed by atoms with E-state index in [1.54, 1.807) is 7.11 Å². The lowest BCUT2D eigenvalue weighted by Crippen LogP contribution is -2.45. The first-order chi connectivity index (χ1) is 12.2. The molecule has 1 atom stereocenters. The van der Waals surface area contributed by atoms with Gasteiger partial charge in [-0.3, -0.25) is 14.7 Å². The fourth-order valence-electron chi connectivity index (χ4n) is 4.31. The predicted octanol–water partition coefficient (Wildman–Crippen LogP) is 2.21. The SMILES string of the molecule is COCC1C(=O)NCC12CCN(Cc1ccc3ccccc3n1)CC2. The monoisotopic (exact) mass is 339 g/mol. The Bertz CT molecular complexity index is 768. The van der Waals surface area contributed by atoms with Crippen molar-refractivity contribution in [1.82, 2.24) is 15.2 Å². The predicted molar refractivity (Wildman–Crippen MR) is 97.1 cm³/mol. The molecule has 0 bridgehead atoms. The molecule has 2 aromatic rings. The van der Waals surface area contributed by atoms with Gasteiger partial charge in [0.05, 0.1) is 23.7 Å². The summed E-state index contributed by atoms with van der Waals surface area (Å²) >= 11 is 0. The number of hydrogen-bond donors (Lipinski definition) is 1. The van der Waals surface area contributed by atoms with E-state index in [4.69, 9.17) is 9.72 Å². The number of carbonyl (C=O) groups is 1. The Morgan fingerprint density at radius 2 is 2.04 bits per heavy atom. The lowest BCUT2D eigenvalue weighted by atomic mass is 9.71. The Balaban J connectivity index is 1.42. The molecule has 132 valence electrons. The van der Waals surface area contributed by atoms with Crippen molar-refractivity contribution >= 4 is 16.8 Å². The summed E-state index contributed by atoms with van der Waals surface area (Å²) in [5.41, 5.74) is 2.24. The maximum absolute atomic E-state index is 12.1. The summed E-state index contributed by atoms with van der Waals surface area (Å²) < 4.78 is 5.30. The molecule has 1 unspecified atom stereocenters. The fourth-order valence-corrected chi connectivity index (χ4v) is 4.31. The number of nitrogens with zero attached hydrogens (tertiary/aromatic N) is 2. The number of carbonyl (C=O) groups excluding carboxylic acids is 1. The highest BCUT2D eigenvalue weighted by Crippen LogP contribution is 2.42. The van der Waals surface area contributed by atoms with E-state index in [0.717, 1.165) is 50.2 Å². The Labute approximate surface area is 148 Å². The largest absolute Gasteiger partial charge is 0.384 e. The molecule has 5 heteroatoms. The molecule has 3 heterocycles. The van der Waals surface area contributed by atoms with Gasteiger partial charge in [-0.05, 0) is 38.1 Å². The maximum atomic E-state index is 12.1. The smallest absolute Gasteiger partial charge is 0.226 e. The highest BCUT2D eigenvalue weighted by Gasteiger charge is 2.49. The Morgan fingerprint density at radius 1 is 1.24 bits per heavy atom. The molecule has 2 saturated heterocycles. The average molecular weight is 339 g/mol. The van der Waals surface area contributed by atoms with Crippen molar-refractivity contribution in [3.05, 3.63) is 42.1 Å². The molecular formula is C20H25N3O2. The van der Waals surface area contributed by atoms with E-state index in [0.29, 0.717) is 6.61 Å². The molecule has 1 aromatic carbocycles. The van der Waals surface area contributed by atoms with E-state index >= 15 is 0 Å². The van der Waals surface area contributed by atoms with Crippen molar-refractivity contribution in [3.63, 3.8) is 0 Å². The number of ether oxygens (including phenoxy) is 1. The number of methoxy groups -OCH3 is 1. The number of pyridine rings is 1. The zero-order valence-corrected chi connectivity index (χ0v) is 14.7. The first-order valence-electron chi connectivity index (χ1n) is 9.04. The van der Waals surface area contributed by atoms with E-state index in [1.807, 2.05) is 12.1 Å². The third-order valence-electron chi connectivity index (χ3n) is 5.90. The van der Waals surface area contributed by atoms with Crippen LogP contribution in [0.15, 0.2) is 36.4 Å². The van der Waals surface area contributed by atoms with E-state index in [1.165, 1.54) is 5.39 Å². The second-order valence-electron chi connectivity index (χ2n) is 7.36. The van der Waals surface area contributed by atoms with Crippen molar-refractivity contribution in [3.8, 4) is 0 Å². The number of likely N-dealkylation sites (tertiary alicyclic amines) is 1. The van der Waals surface area contributed by atoms with Crippen LogP contribution in [0.1, 0.15) is 18.5 Å². The highest BCUT2D eigenvalue weighted by atomic mass is 16.5. The van der Waals surface area contributed by atoms with Crippen molar-refractivity contribution < 1.29 is 9.53 Å². The van der Waals surface area contributed by atoms with Gasteiger partial charge in [0.15, 0.2) is 0 Å². The Kier molecular flexibility index (Phi) is 4.44. The summed E-state index contributed by atoms with van der Waals surface area (Å²) in [6.07, 6.45) is 2.07. The summed E-state index contributed by atoms with van der Waals surface area (Å²) in [6, 6.07) is 12.5. The van der Waals surface area contributed by atoms with Crippen LogP contribution in [-0.2, 0) is 16.1 Å². The molecule has 2 aliphatic rings. The van der Waals surface area contributed by atoms with Crippen LogP contribution in [-0.4, -0.2) is 49.1 Å². The van der Waals surface area contributed by atoms with Crippen LogP contribution < -0.4 is 5.32 Å². The summed E-state index contributed by atoms with van der Waals surface area (Å²) in [5.74, 6) is 0.157. The van der Waals surface area contributed by atoms with Crippen molar-refractivity contribution in [2.75, 3.05) is 33.4 Å². The molecule has 1 amide bonds. The molecule has 0 radical (unpaired) electrons. The summed E-state index contributed by atoms with van der Waals surface area (Å²) in [6.45, 7) is 4.20. The van der Waals surface area contributed by atoms with E-state index in [2.05, 4.69) is 34.5 Å². The maximum Gasteiger partial charge on any atom is 0.226 e. The lowest BCUT2D eigenvalue weighted by Gasteiger charge is -2.41. The van der Waals surface area contributed by atoms with Crippen molar-refractivity contribution in [1.29, 1.82) is 0 Å². The van der Waals surface area contributed by atoms with Gasteiger partial charge >= 0.3 is 0 Å². The number of benzene rings is 1. The number of piperidine rings is 1. The Hall–Kier alpha value is -1.98. The molecule has 1 aromatic heterocycles. The lowest BCUT2D eigenvalue weighted by molar-refractivity contribution is -0.126. The van der Waals surface area contributed by atoms with Crippen molar-refractivity contribution in [2.24, 2.45) is 11.3 Å². The topological polar surface area (TPSA) is 54.5 Å². The second-order valence-corrected chi connectivity index (χ2v) is 7.36. The normalized spacial score (nSPS) is 23.2. The molecule has 2 aliphatic heterocycles. The molecule has 25 heavy (non-hydrogen) atoms. The minimum atomic E-state index is -0.00144. The third kappa shape index (κ3) is 3.14. The number of rotatable bonds is 4. The number of hydrogen-bond acceptors (Lipinski definition) is 4. The van der Waals surface area contributed by atoms with Gasteiger partial charge in [0.1, 0.15) is 0 Å². The van der Waals surface area contributed by atoms with Gasteiger partial charge in [-0.15, -0.1) is 0 Å². The zero-order chi connectivity index (χ0) is 17.3. The minimum Gasteiger partial charge on any atom is -0.384 e. The summed E-state index contributed by atoms with van der Waals surface area (Å²) in [4.78, 5) is 19.4. The Morgan fingerprint density at radius 3 is 2.84 bits per heavy atom. The number of para-hydroxylation sites is 1. The zero-order valence-electron chi connectivity index (χ0n) is 14.7. The highest BCUT2D eigenvalue weighted by molar-refractivity contribution is 5.82. The standard InChI is InChI=1S/C20H25N3O2/c1-25-13-17-19(24)21-14-20(17)8-10-23(11-9-20)12-16-7-6-15-4-2-3-5-18(15)22-16/h2-7,17H,8-14H2,1H3,(H,21,24). The molecule has 1 N–H and O–H groups in total. The quantitative estimate of drug-likeness (QED) is 0.928. The van der Waals surface area contributed by atoms with Crippen LogP contribution in [0.3, 0.4) is 0 Å².